The minimum absolute atomic E-state index is 0.0443. The van der Waals surface area contributed by atoms with Crippen molar-refractivity contribution in [1.29, 1.82) is 0 Å². The summed E-state index contributed by atoms with van der Waals surface area (Å²) in [6.07, 6.45) is 1.59. The lowest BCUT2D eigenvalue weighted by Gasteiger charge is -2.02. The highest BCUT2D eigenvalue weighted by Crippen LogP contribution is 2.40. The van der Waals surface area contributed by atoms with Crippen molar-refractivity contribution in [3.8, 4) is 5.75 Å². The predicted octanol–water partition coefficient (Wildman–Crippen LogP) is 4.33. The van der Waals surface area contributed by atoms with E-state index in [9.17, 15) is 19.4 Å². The summed E-state index contributed by atoms with van der Waals surface area (Å²) in [5, 5.41) is 20.1. The number of rotatable bonds is 3. The Kier molecular flexibility index (Phi) is 5.09. The Morgan fingerprint density at radius 2 is 1.96 bits per heavy atom. The number of benzene rings is 2. The van der Waals surface area contributed by atoms with Gasteiger partial charge in [-0.25, -0.2) is 14.2 Å². The van der Waals surface area contributed by atoms with Crippen LogP contribution in [0.1, 0.15) is 5.56 Å². The Bertz CT molecular complexity index is 966. The fraction of sp³-hybridized carbons (Fsp3) is 0.0526. The Balaban J connectivity index is 2.07. The van der Waals surface area contributed by atoms with Gasteiger partial charge in [-0.15, -0.1) is 0 Å². The number of thioether (sulfide) groups is 1. The van der Waals surface area contributed by atoms with E-state index >= 15 is 0 Å². The van der Waals surface area contributed by atoms with Crippen LogP contribution in [-0.4, -0.2) is 28.3 Å². The van der Waals surface area contributed by atoms with Gasteiger partial charge in [0.2, 0.25) is 0 Å². The third kappa shape index (κ3) is 3.62. The largest absolute Gasteiger partial charge is 0.508 e. The lowest BCUT2D eigenvalue weighted by atomic mass is 10.1. The summed E-state index contributed by atoms with van der Waals surface area (Å²) in [4.78, 5) is 16.6. The number of methoxy groups -OCH3 is 1. The molecule has 132 valence electrons. The fourth-order valence-electron chi connectivity index (χ4n) is 2.31. The molecule has 2 aromatic carbocycles. The molecule has 3 rings (SSSR count). The number of hydrogen-bond donors (Lipinski definition) is 2. The molecule has 0 saturated carbocycles. The van der Waals surface area contributed by atoms with Gasteiger partial charge in [-0.1, -0.05) is 36.0 Å². The van der Waals surface area contributed by atoms with Crippen molar-refractivity contribution < 1.29 is 24.1 Å². The molecule has 0 bridgehead atoms. The van der Waals surface area contributed by atoms with E-state index < -0.39 is 11.8 Å². The van der Waals surface area contributed by atoms with Gasteiger partial charge in [0.25, 0.3) is 0 Å². The Labute approximate surface area is 153 Å². The van der Waals surface area contributed by atoms with Crippen LogP contribution in [0.3, 0.4) is 0 Å². The van der Waals surface area contributed by atoms with E-state index in [4.69, 9.17) is 4.74 Å². The first-order valence-corrected chi connectivity index (χ1v) is 8.35. The van der Waals surface area contributed by atoms with Gasteiger partial charge in [0, 0.05) is 0 Å². The molecule has 1 aliphatic rings. The number of carbonyl (C=O) groups is 1. The molecular formula is C19H14FNO4S. The quantitative estimate of drug-likeness (QED) is 0.785. The summed E-state index contributed by atoms with van der Waals surface area (Å²) in [5.74, 6) is -1.56. The maximum absolute atomic E-state index is 13.9. The zero-order chi connectivity index (χ0) is 18.7. The fourth-order valence-corrected chi connectivity index (χ4v) is 3.34. The van der Waals surface area contributed by atoms with Crippen LogP contribution in [0.15, 0.2) is 69.8 Å². The number of aromatic hydroxyl groups is 1. The van der Waals surface area contributed by atoms with E-state index in [0.29, 0.717) is 10.5 Å². The second-order valence-corrected chi connectivity index (χ2v) is 6.32. The molecule has 0 fully saturated rings. The summed E-state index contributed by atoms with van der Waals surface area (Å²) < 4.78 is 18.6. The smallest absolute Gasteiger partial charge is 0.344 e. The number of nitrogens with zero attached hydrogens (tertiary/aromatic N) is 1. The number of carbonyl (C=O) groups excluding carboxylic acids is 1. The molecule has 0 saturated heterocycles. The summed E-state index contributed by atoms with van der Waals surface area (Å²) >= 11 is 1.01. The van der Waals surface area contributed by atoms with Crippen molar-refractivity contribution in [1.82, 2.24) is 0 Å². The number of phenolic OH excluding ortho intramolecular Hbond substituents is 1. The lowest BCUT2D eigenvalue weighted by Crippen LogP contribution is -2.10. The van der Waals surface area contributed by atoms with Crippen LogP contribution in [-0.2, 0) is 9.53 Å². The topological polar surface area (TPSA) is 79.1 Å². The normalized spacial score (nSPS) is 17.2. The summed E-state index contributed by atoms with van der Waals surface area (Å²) in [6.45, 7) is 0. The van der Waals surface area contributed by atoms with E-state index in [1.165, 1.54) is 37.4 Å². The minimum atomic E-state index is -0.774. The molecule has 26 heavy (non-hydrogen) atoms. The molecule has 0 amide bonds. The number of aliphatic hydroxyl groups excluding tert-OH is 1. The number of aliphatic imine (C=N–C) groups is 1. The van der Waals surface area contributed by atoms with Crippen molar-refractivity contribution >= 4 is 34.5 Å². The van der Waals surface area contributed by atoms with Crippen LogP contribution in [0.5, 0.6) is 5.75 Å². The van der Waals surface area contributed by atoms with E-state index in [0.717, 1.165) is 11.8 Å². The van der Waals surface area contributed by atoms with Gasteiger partial charge in [0.05, 0.1) is 12.0 Å². The first-order valence-electron chi connectivity index (χ1n) is 7.53. The zero-order valence-electron chi connectivity index (χ0n) is 13.6. The van der Waals surface area contributed by atoms with Gasteiger partial charge in [0.1, 0.15) is 33.6 Å². The van der Waals surface area contributed by atoms with E-state index in [2.05, 4.69) is 4.99 Å². The highest BCUT2D eigenvalue weighted by atomic mass is 32.2. The lowest BCUT2D eigenvalue weighted by molar-refractivity contribution is -0.135. The Morgan fingerprint density at radius 3 is 2.65 bits per heavy atom. The zero-order valence-corrected chi connectivity index (χ0v) is 14.5. The summed E-state index contributed by atoms with van der Waals surface area (Å²) in [6, 6.07) is 12.3. The van der Waals surface area contributed by atoms with Crippen LogP contribution in [0.4, 0.5) is 10.1 Å². The molecule has 0 spiro atoms. The molecule has 1 aliphatic heterocycles. The molecule has 1 heterocycles. The number of hydrogen-bond acceptors (Lipinski definition) is 6. The standard InChI is InChI=1S/C19H14FNO4S/c1-25-19(24)16-17(23)15(10-11-5-4-6-12(22)9-11)26-18(16)21-14-8-3-2-7-13(14)20/h2-10,22-23H,1H3. The van der Waals surface area contributed by atoms with Crippen molar-refractivity contribution in [2.24, 2.45) is 4.99 Å². The molecule has 0 unspecified atom stereocenters. The van der Waals surface area contributed by atoms with Crippen LogP contribution in [0, 0.1) is 5.82 Å². The van der Waals surface area contributed by atoms with Gasteiger partial charge in [-0.05, 0) is 35.9 Å². The number of ether oxygens (including phenoxy) is 1. The number of esters is 1. The van der Waals surface area contributed by atoms with Crippen LogP contribution in [0.2, 0.25) is 0 Å². The Morgan fingerprint density at radius 1 is 1.19 bits per heavy atom. The molecule has 0 radical (unpaired) electrons. The van der Waals surface area contributed by atoms with E-state index in [1.54, 1.807) is 24.3 Å². The number of aliphatic hydroxyl groups is 1. The van der Waals surface area contributed by atoms with Crippen molar-refractivity contribution in [2.75, 3.05) is 7.11 Å². The Hall–Kier alpha value is -3.06. The molecule has 0 aromatic heterocycles. The summed E-state index contributed by atoms with van der Waals surface area (Å²) in [7, 11) is 1.19. The molecule has 0 aliphatic carbocycles. The number of halogens is 1. The second kappa shape index (κ2) is 7.45. The van der Waals surface area contributed by atoms with E-state index in [1.807, 2.05) is 0 Å². The van der Waals surface area contributed by atoms with Gasteiger partial charge >= 0.3 is 5.97 Å². The first-order chi connectivity index (χ1) is 12.5. The number of phenols is 1. The van der Waals surface area contributed by atoms with Crippen LogP contribution in [0.25, 0.3) is 6.08 Å². The molecule has 0 atom stereocenters. The SMILES string of the molecule is COC(=O)C1=C(O)C(=Cc2cccc(O)c2)SC1=Nc1ccccc1F. The maximum Gasteiger partial charge on any atom is 0.344 e. The van der Waals surface area contributed by atoms with Crippen molar-refractivity contribution in [3.05, 3.63) is 76.1 Å². The van der Waals surface area contributed by atoms with Crippen molar-refractivity contribution in [2.45, 2.75) is 0 Å². The number of para-hydroxylation sites is 1. The average molecular weight is 371 g/mol. The molecule has 5 nitrogen and oxygen atoms in total. The van der Waals surface area contributed by atoms with Gasteiger partial charge in [0.15, 0.2) is 0 Å². The predicted molar refractivity (Wildman–Crippen MR) is 98.8 cm³/mol. The van der Waals surface area contributed by atoms with Gasteiger partial charge in [-0.2, -0.15) is 0 Å². The monoisotopic (exact) mass is 371 g/mol. The molecule has 2 N–H and O–H groups in total. The van der Waals surface area contributed by atoms with E-state index in [-0.39, 0.29) is 27.8 Å². The third-order valence-electron chi connectivity index (χ3n) is 3.52. The molecular weight excluding hydrogens is 357 g/mol. The van der Waals surface area contributed by atoms with Crippen molar-refractivity contribution in [3.63, 3.8) is 0 Å². The summed E-state index contributed by atoms with van der Waals surface area (Å²) in [5.41, 5.74) is 0.533. The highest BCUT2D eigenvalue weighted by Gasteiger charge is 2.33. The third-order valence-corrected chi connectivity index (χ3v) is 4.54. The van der Waals surface area contributed by atoms with Crippen LogP contribution >= 0.6 is 11.8 Å². The van der Waals surface area contributed by atoms with Gasteiger partial charge < -0.3 is 14.9 Å². The maximum atomic E-state index is 13.9. The van der Waals surface area contributed by atoms with Gasteiger partial charge in [-0.3, -0.25) is 0 Å². The second-order valence-electron chi connectivity index (χ2n) is 5.29. The minimum Gasteiger partial charge on any atom is -0.508 e. The average Bonchev–Trinajstić information content (AvgIpc) is 2.92. The molecule has 7 heteroatoms. The first kappa shape index (κ1) is 17.8. The molecule has 2 aromatic rings. The van der Waals surface area contributed by atoms with Crippen LogP contribution < -0.4 is 0 Å². The highest BCUT2D eigenvalue weighted by molar-refractivity contribution is 8.18.